The Morgan fingerprint density at radius 2 is 1.88 bits per heavy atom. The first-order chi connectivity index (χ1) is 15.1. The fourth-order valence-electron chi connectivity index (χ4n) is 3.45. The normalized spacial score (nSPS) is 15.7. The van der Waals surface area contributed by atoms with E-state index in [0.717, 1.165) is 22.5 Å². The molecule has 0 radical (unpaired) electrons. The summed E-state index contributed by atoms with van der Waals surface area (Å²) in [5.74, 6) is -0.477. The summed E-state index contributed by atoms with van der Waals surface area (Å²) < 4.78 is 70.7. The van der Waals surface area contributed by atoms with Gasteiger partial charge in [0, 0.05) is 19.0 Å². The van der Waals surface area contributed by atoms with Crippen molar-refractivity contribution in [3.05, 3.63) is 53.6 Å². The van der Waals surface area contributed by atoms with Gasteiger partial charge in [-0.05, 0) is 49.2 Å². The molecule has 0 bridgehead atoms. The maximum Gasteiger partial charge on any atom is 0.416 e. The lowest BCUT2D eigenvalue weighted by Gasteiger charge is -2.30. The molecule has 32 heavy (non-hydrogen) atoms. The molecule has 0 aliphatic carbocycles. The average Bonchev–Trinajstić information content (AvgIpc) is 2.78. The van der Waals surface area contributed by atoms with Crippen molar-refractivity contribution in [1.29, 1.82) is 5.26 Å². The van der Waals surface area contributed by atoms with Crippen molar-refractivity contribution in [3.8, 4) is 11.8 Å². The number of anilines is 1. The van der Waals surface area contributed by atoms with Gasteiger partial charge in [-0.3, -0.25) is 4.79 Å². The number of sulfonamides is 1. The predicted octanol–water partition coefficient (Wildman–Crippen LogP) is 3.63. The van der Waals surface area contributed by atoms with Crippen LogP contribution in [0.3, 0.4) is 0 Å². The van der Waals surface area contributed by atoms with Crippen molar-refractivity contribution in [2.45, 2.75) is 23.9 Å². The van der Waals surface area contributed by atoms with Crippen LogP contribution in [0.5, 0.6) is 5.75 Å². The van der Waals surface area contributed by atoms with Gasteiger partial charge in [-0.1, -0.05) is 6.07 Å². The SMILES string of the molecule is COc1ccc(C#N)cc1NC(=O)C1CCN(S(=O)(=O)c2cccc(C(F)(F)F)c2)CC1. The van der Waals surface area contributed by atoms with Crippen LogP contribution in [0, 0.1) is 17.2 Å². The summed E-state index contributed by atoms with van der Waals surface area (Å²) in [5, 5.41) is 11.7. The monoisotopic (exact) mass is 467 g/mol. The highest BCUT2D eigenvalue weighted by Gasteiger charge is 2.35. The van der Waals surface area contributed by atoms with E-state index in [2.05, 4.69) is 5.32 Å². The lowest BCUT2D eigenvalue weighted by molar-refractivity contribution is -0.137. The number of carbonyl (C=O) groups excluding carboxylic acids is 1. The minimum atomic E-state index is -4.65. The molecule has 0 unspecified atom stereocenters. The smallest absolute Gasteiger partial charge is 0.416 e. The fraction of sp³-hybridized carbons (Fsp3) is 0.333. The Hall–Kier alpha value is -3.10. The number of alkyl halides is 3. The van der Waals surface area contributed by atoms with Crippen LogP contribution < -0.4 is 10.1 Å². The number of hydrogen-bond donors (Lipinski definition) is 1. The number of rotatable bonds is 5. The van der Waals surface area contributed by atoms with Crippen molar-refractivity contribution in [2.24, 2.45) is 5.92 Å². The first kappa shape index (κ1) is 23.6. The zero-order chi connectivity index (χ0) is 23.5. The second-order valence-electron chi connectivity index (χ2n) is 7.22. The zero-order valence-electron chi connectivity index (χ0n) is 17.0. The zero-order valence-corrected chi connectivity index (χ0v) is 17.8. The summed E-state index contributed by atoms with van der Waals surface area (Å²) in [4.78, 5) is 12.2. The number of nitrogens with zero attached hydrogens (tertiary/aromatic N) is 2. The molecular weight excluding hydrogens is 447 g/mol. The van der Waals surface area contributed by atoms with Crippen molar-refractivity contribution < 1.29 is 31.1 Å². The number of nitriles is 1. The second-order valence-corrected chi connectivity index (χ2v) is 9.16. The Balaban J connectivity index is 1.69. The quantitative estimate of drug-likeness (QED) is 0.724. The third-order valence-corrected chi connectivity index (χ3v) is 7.10. The summed E-state index contributed by atoms with van der Waals surface area (Å²) in [6.45, 7) is -0.0158. The van der Waals surface area contributed by atoms with E-state index in [-0.39, 0.29) is 31.8 Å². The van der Waals surface area contributed by atoms with E-state index < -0.39 is 32.6 Å². The largest absolute Gasteiger partial charge is 0.495 e. The second kappa shape index (κ2) is 9.18. The molecule has 3 rings (SSSR count). The first-order valence-electron chi connectivity index (χ1n) is 9.62. The molecular formula is C21H20F3N3O4S. The topological polar surface area (TPSA) is 99.5 Å². The number of hydrogen-bond acceptors (Lipinski definition) is 5. The number of nitrogens with one attached hydrogen (secondary N) is 1. The van der Waals surface area contributed by atoms with Crippen molar-refractivity contribution in [2.75, 3.05) is 25.5 Å². The minimum absolute atomic E-state index is 0.00790. The summed E-state index contributed by atoms with van der Waals surface area (Å²) in [6.07, 6.45) is -4.25. The number of benzene rings is 2. The van der Waals surface area contributed by atoms with Crippen LogP contribution in [-0.4, -0.2) is 38.8 Å². The summed E-state index contributed by atoms with van der Waals surface area (Å²) in [7, 11) is -2.70. The number of methoxy groups -OCH3 is 1. The average molecular weight is 467 g/mol. The number of piperidine rings is 1. The maximum absolute atomic E-state index is 12.9. The Kier molecular flexibility index (Phi) is 6.76. The molecule has 1 N–H and O–H groups in total. The van der Waals surface area contributed by atoms with Gasteiger partial charge in [0.2, 0.25) is 15.9 Å². The highest BCUT2D eigenvalue weighted by Crippen LogP contribution is 2.32. The Labute approximate surface area is 183 Å². The molecule has 1 aliphatic heterocycles. The Morgan fingerprint density at radius 1 is 1.19 bits per heavy atom. The van der Waals surface area contributed by atoms with E-state index in [1.165, 1.54) is 13.2 Å². The lowest BCUT2D eigenvalue weighted by atomic mass is 9.97. The molecule has 1 heterocycles. The van der Waals surface area contributed by atoms with Gasteiger partial charge in [-0.2, -0.15) is 22.7 Å². The van der Waals surface area contributed by atoms with Gasteiger partial charge in [-0.15, -0.1) is 0 Å². The summed E-state index contributed by atoms with van der Waals surface area (Å²) in [6, 6.07) is 10.2. The summed E-state index contributed by atoms with van der Waals surface area (Å²) in [5.41, 5.74) is -0.375. The third-order valence-electron chi connectivity index (χ3n) is 5.21. The predicted molar refractivity (Wildman–Crippen MR) is 109 cm³/mol. The molecule has 0 atom stereocenters. The van der Waals surface area contributed by atoms with Crippen molar-refractivity contribution >= 4 is 21.6 Å². The van der Waals surface area contributed by atoms with Crippen molar-refractivity contribution in [1.82, 2.24) is 4.31 Å². The van der Waals surface area contributed by atoms with E-state index in [1.54, 1.807) is 12.1 Å². The molecule has 1 fully saturated rings. The first-order valence-corrected chi connectivity index (χ1v) is 11.1. The maximum atomic E-state index is 12.9. The molecule has 0 saturated carbocycles. The van der Waals surface area contributed by atoms with E-state index in [1.807, 2.05) is 6.07 Å². The number of ether oxygens (including phenoxy) is 1. The molecule has 1 saturated heterocycles. The van der Waals surface area contributed by atoms with Crippen LogP contribution >= 0.6 is 0 Å². The molecule has 2 aromatic rings. The molecule has 2 aromatic carbocycles. The molecule has 0 spiro atoms. The number of halogens is 3. The molecule has 1 amide bonds. The highest BCUT2D eigenvalue weighted by molar-refractivity contribution is 7.89. The van der Waals surface area contributed by atoms with E-state index >= 15 is 0 Å². The van der Waals surface area contributed by atoms with Gasteiger partial charge < -0.3 is 10.1 Å². The van der Waals surface area contributed by atoms with Crippen LogP contribution in [-0.2, 0) is 21.0 Å². The van der Waals surface area contributed by atoms with Gasteiger partial charge in [-0.25, -0.2) is 8.42 Å². The van der Waals surface area contributed by atoms with E-state index in [4.69, 9.17) is 10.00 Å². The number of carbonyl (C=O) groups is 1. The highest BCUT2D eigenvalue weighted by atomic mass is 32.2. The van der Waals surface area contributed by atoms with Crippen molar-refractivity contribution in [3.63, 3.8) is 0 Å². The van der Waals surface area contributed by atoms with Crippen LogP contribution in [0.4, 0.5) is 18.9 Å². The van der Waals surface area contributed by atoms with Crippen LogP contribution in [0.25, 0.3) is 0 Å². The van der Waals surface area contributed by atoms with Gasteiger partial charge in [0.05, 0.1) is 34.9 Å². The van der Waals surface area contributed by atoms with Crippen LogP contribution in [0.1, 0.15) is 24.0 Å². The van der Waals surface area contributed by atoms with Gasteiger partial charge in [0.15, 0.2) is 0 Å². The van der Waals surface area contributed by atoms with Gasteiger partial charge in [0.25, 0.3) is 0 Å². The molecule has 170 valence electrons. The Bertz CT molecular complexity index is 1150. The number of amides is 1. The minimum Gasteiger partial charge on any atom is -0.495 e. The van der Waals surface area contributed by atoms with Gasteiger partial charge in [0.1, 0.15) is 5.75 Å². The standard InChI is InChI=1S/C21H20F3N3O4S/c1-31-19-6-5-14(13-25)11-18(19)26-20(28)15-7-9-27(10-8-15)32(29,30)17-4-2-3-16(12-17)21(22,23)24/h2-6,11-12,15H,7-10H2,1H3,(H,26,28). The van der Waals surface area contributed by atoms with E-state index in [9.17, 15) is 26.4 Å². The van der Waals surface area contributed by atoms with Gasteiger partial charge >= 0.3 is 6.18 Å². The molecule has 1 aliphatic rings. The third kappa shape index (κ3) is 5.03. The Morgan fingerprint density at radius 3 is 2.47 bits per heavy atom. The fourth-order valence-corrected chi connectivity index (χ4v) is 4.97. The van der Waals surface area contributed by atoms with Crippen LogP contribution in [0.15, 0.2) is 47.4 Å². The molecule has 0 aromatic heterocycles. The summed E-state index contributed by atoms with van der Waals surface area (Å²) >= 11 is 0. The van der Waals surface area contributed by atoms with Crippen LogP contribution in [0.2, 0.25) is 0 Å². The molecule has 7 nitrogen and oxygen atoms in total. The lowest BCUT2D eigenvalue weighted by Crippen LogP contribution is -2.41. The molecule has 11 heteroatoms. The van der Waals surface area contributed by atoms with E-state index in [0.29, 0.717) is 23.1 Å².